The fraction of sp³-hybridized carbons (Fsp3) is 0.800. The molecule has 16 heavy (non-hydrogen) atoms. The molecule has 0 aromatic rings. The number of unbranched alkanes of at least 4 members (excludes halogenated alkanes) is 7. The van der Waals surface area contributed by atoms with E-state index in [0.29, 0.717) is 5.78 Å². The van der Waals surface area contributed by atoms with Crippen LogP contribution in [0.5, 0.6) is 0 Å². The summed E-state index contributed by atoms with van der Waals surface area (Å²) in [4.78, 5) is 11.2. The molecule has 0 aliphatic heterocycles. The predicted molar refractivity (Wildman–Crippen MR) is 71.7 cm³/mol. The van der Waals surface area contributed by atoms with E-state index in [1.807, 2.05) is 6.08 Å². The van der Waals surface area contributed by atoms with Gasteiger partial charge in [-0.1, -0.05) is 45.1 Å². The van der Waals surface area contributed by atoms with Crippen molar-refractivity contribution in [1.29, 1.82) is 0 Å². The van der Waals surface area contributed by atoms with Crippen LogP contribution in [0.2, 0.25) is 0 Å². The maximum atomic E-state index is 11.2. The number of Topliss-reactive ketones (excluding diaryl/α,β-unsaturated/α-hetero) is 1. The first-order chi connectivity index (χ1) is 7.81. The van der Waals surface area contributed by atoms with Crippen LogP contribution in [0, 0.1) is 0 Å². The summed E-state index contributed by atoms with van der Waals surface area (Å²) in [5.41, 5.74) is 0. The van der Waals surface area contributed by atoms with Crippen LogP contribution >= 0.6 is 0 Å². The minimum Gasteiger partial charge on any atom is -0.300 e. The first-order valence-corrected chi connectivity index (χ1v) is 6.93. The third kappa shape index (κ3) is 11.5. The van der Waals surface area contributed by atoms with Gasteiger partial charge in [0.05, 0.1) is 0 Å². The van der Waals surface area contributed by atoms with Crippen molar-refractivity contribution < 1.29 is 4.79 Å². The second-order valence-corrected chi connectivity index (χ2v) is 4.59. The molecule has 0 saturated heterocycles. The Bertz CT molecular complexity index is 172. The average molecular weight is 224 g/mol. The quantitative estimate of drug-likeness (QED) is 0.335. The molecule has 0 aromatic heterocycles. The Kier molecular flexibility index (Phi) is 12.0. The molecule has 0 fully saturated rings. The van der Waals surface area contributed by atoms with Crippen molar-refractivity contribution >= 4 is 5.78 Å². The fourth-order valence-corrected chi connectivity index (χ4v) is 1.90. The Morgan fingerprint density at radius 2 is 1.50 bits per heavy atom. The molecule has 0 rings (SSSR count). The summed E-state index contributed by atoms with van der Waals surface area (Å²) in [6.45, 7) is 5.79. The van der Waals surface area contributed by atoms with Gasteiger partial charge in [0.15, 0.2) is 0 Å². The summed E-state index contributed by atoms with van der Waals surface area (Å²) in [7, 11) is 0. The molecular weight excluding hydrogens is 196 g/mol. The molecule has 0 bridgehead atoms. The van der Waals surface area contributed by atoms with Gasteiger partial charge in [-0.3, -0.25) is 4.79 Å². The van der Waals surface area contributed by atoms with Gasteiger partial charge in [-0.2, -0.15) is 0 Å². The van der Waals surface area contributed by atoms with Gasteiger partial charge in [-0.25, -0.2) is 0 Å². The van der Waals surface area contributed by atoms with Gasteiger partial charge in [-0.15, -0.1) is 6.58 Å². The van der Waals surface area contributed by atoms with Crippen molar-refractivity contribution in [1.82, 2.24) is 0 Å². The summed E-state index contributed by atoms with van der Waals surface area (Å²) in [5.74, 6) is 0.452. The summed E-state index contributed by atoms with van der Waals surface area (Å²) >= 11 is 0. The van der Waals surface area contributed by atoms with E-state index in [2.05, 4.69) is 13.5 Å². The first-order valence-electron chi connectivity index (χ1n) is 6.93. The molecular formula is C15H28O. The predicted octanol–water partition coefficient (Wildman–Crippen LogP) is 5.05. The molecule has 0 aliphatic carbocycles. The van der Waals surface area contributed by atoms with Crippen molar-refractivity contribution in [2.45, 2.75) is 77.6 Å². The van der Waals surface area contributed by atoms with Crippen LogP contribution in [0.15, 0.2) is 12.7 Å². The minimum absolute atomic E-state index is 0.452. The summed E-state index contributed by atoms with van der Waals surface area (Å²) in [5, 5.41) is 0. The summed E-state index contributed by atoms with van der Waals surface area (Å²) in [6, 6.07) is 0. The molecule has 0 amide bonds. The summed E-state index contributed by atoms with van der Waals surface area (Å²) < 4.78 is 0. The molecule has 0 aliphatic rings. The van der Waals surface area contributed by atoms with Gasteiger partial charge in [-0.05, 0) is 25.7 Å². The lowest BCUT2D eigenvalue weighted by Crippen LogP contribution is -1.96. The monoisotopic (exact) mass is 224 g/mol. The molecule has 0 aromatic carbocycles. The zero-order chi connectivity index (χ0) is 12.1. The second kappa shape index (κ2) is 12.5. The Labute approximate surface area is 101 Å². The molecule has 0 spiro atoms. The average Bonchev–Trinajstić information content (AvgIpc) is 2.27. The van der Waals surface area contributed by atoms with Crippen molar-refractivity contribution in [3.63, 3.8) is 0 Å². The molecule has 0 radical (unpaired) electrons. The Morgan fingerprint density at radius 1 is 0.938 bits per heavy atom. The van der Waals surface area contributed by atoms with Gasteiger partial charge in [0.1, 0.15) is 5.78 Å². The van der Waals surface area contributed by atoms with E-state index in [4.69, 9.17) is 0 Å². The highest BCUT2D eigenvalue weighted by molar-refractivity contribution is 5.78. The number of carbonyl (C=O) groups is 1. The smallest absolute Gasteiger partial charge is 0.132 e. The Hall–Kier alpha value is -0.590. The topological polar surface area (TPSA) is 17.1 Å². The molecule has 0 atom stereocenters. The fourth-order valence-electron chi connectivity index (χ4n) is 1.90. The first kappa shape index (κ1) is 15.4. The van der Waals surface area contributed by atoms with Crippen molar-refractivity contribution in [3.05, 3.63) is 12.7 Å². The van der Waals surface area contributed by atoms with Crippen LogP contribution in [0.25, 0.3) is 0 Å². The van der Waals surface area contributed by atoms with Crippen LogP contribution in [-0.4, -0.2) is 5.78 Å². The largest absolute Gasteiger partial charge is 0.300 e. The maximum Gasteiger partial charge on any atom is 0.132 e. The molecule has 0 heterocycles. The van der Waals surface area contributed by atoms with Gasteiger partial charge >= 0.3 is 0 Å². The third-order valence-electron chi connectivity index (χ3n) is 2.89. The number of allylic oxidation sites excluding steroid dienone is 1. The second-order valence-electron chi connectivity index (χ2n) is 4.59. The van der Waals surface area contributed by atoms with Crippen LogP contribution in [-0.2, 0) is 4.79 Å². The zero-order valence-electron chi connectivity index (χ0n) is 11.0. The van der Waals surface area contributed by atoms with Crippen molar-refractivity contribution in [2.24, 2.45) is 0 Å². The van der Waals surface area contributed by atoms with E-state index >= 15 is 0 Å². The zero-order valence-corrected chi connectivity index (χ0v) is 11.0. The van der Waals surface area contributed by atoms with E-state index in [1.54, 1.807) is 0 Å². The lowest BCUT2D eigenvalue weighted by molar-refractivity contribution is -0.119. The van der Waals surface area contributed by atoms with Crippen LogP contribution in [0.1, 0.15) is 77.6 Å². The lowest BCUT2D eigenvalue weighted by Gasteiger charge is -2.01. The van der Waals surface area contributed by atoms with E-state index < -0.39 is 0 Å². The number of rotatable bonds is 12. The number of ketones is 1. The van der Waals surface area contributed by atoms with Gasteiger partial charge in [0, 0.05) is 12.8 Å². The van der Waals surface area contributed by atoms with Gasteiger partial charge in [0.2, 0.25) is 0 Å². The highest BCUT2D eigenvalue weighted by atomic mass is 16.1. The lowest BCUT2D eigenvalue weighted by atomic mass is 10.0. The van der Waals surface area contributed by atoms with E-state index in [9.17, 15) is 4.79 Å². The van der Waals surface area contributed by atoms with Crippen molar-refractivity contribution in [3.8, 4) is 0 Å². The van der Waals surface area contributed by atoms with Crippen LogP contribution < -0.4 is 0 Å². The summed E-state index contributed by atoms with van der Waals surface area (Å²) in [6.07, 6.45) is 14.7. The molecule has 94 valence electrons. The highest BCUT2D eigenvalue weighted by Gasteiger charge is 1.99. The normalized spacial score (nSPS) is 10.3. The van der Waals surface area contributed by atoms with Crippen molar-refractivity contribution in [2.75, 3.05) is 0 Å². The number of hydrogen-bond donors (Lipinski definition) is 0. The Morgan fingerprint density at radius 3 is 2.06 bits per heavy atom. The Balaban J connectivity index is 3.03. The highest BCUT2D eigenvalue weighted by Crippen LogP contribution is 2.10. The number of carbonyl (C=O) groups excluding carboxylic acids is 1. The van der Waals surface area contributed by atoms with Crippen LogP contribution in [0.4, 0.5) is 0 Å². The molecule has 1 nitrogen and oxygen atoms in total. The van der Waals surface area contributed by atoms with E-state index in [1.165, 1.54) is 38.5 Å². The van der Waals surface area contributed by atoms with Gasteiger partial charge < -0.3 is 0 Å². The number of hydrogen-bond acceptors (Lipinski definition) is 1. The minimum atomic E-state index is 0.452. The SMILES string of the molecule is C=CCCCCCCCCCC(=O)CCC. The van der Waals surface area contributed by atoms with E-state index in [-0.39, 0.29) is 0 Å². The molecule has 1 heteroatoms. The molecule has 0 saturated carbocycles. The standard InChI is InChI=1S/C15H28O/c1-3-5-6-7-8-9-10-11-12-14-15(16)13-4-2/h3H,1,4-14H2,2H3. The third-order valence-corrected chi connectivity index (χ3v) is 2.89. The van der Waals surface area contributed by atoms with Crippen LogP contribution in [0.3, 0.4) is 0 Å². The van der Waals surface area contributed by atoms with E-state index in [0.717, 1.165) is 32.1 Å². The van der Waals surface area contributed by atoms with Gasteiger partial charge in [0.25, 0.3) is 0 Å². The maximum absolute atomic E-state index is 11.2. The molecule has 0 unspecified atom stereocenters. The molecule has 0 N–H and O–H groups in total.